The minimum absolute atomic E-state index is 0.441. The smallest absolute Gasteiger partial charge is 0.127 e. The van der Waals surface area contributed by atoms with Crippen molar-refractivity contribution in [2.24, 2.45) is 0 Å². The quantitative estimate of drug-likeness (QED) is 0.916. The van der Waals surface area contributed by atoms with E-state index in [1.807, 2.05) is 24.3 Å². The van der Waals surface area contributed by atoms with Crippen LogP contribution in [0.5, 0.6) is 0 Å². The SMILES string of the molecule is CCNC1CCCc2sc(-c3ccoc3C)nc21. The van der Waals surface area contributed by atoms with Crippen molar-refractivity contribution in [3.05, 3.63) is 28.7 Å². The largest absolute Gasteiger partial charge is 0.469 e. The van der Waals surface area contributed by atoms with Gasteiger partial charge in [-0.2, -0.15) is 0 Å². The van der Waals surface area contributed by atoms with E-state index >= 15 is 0 Å². The number of aryl methyl sites for hydroxylation is 2. The first-order valence-corrected chi connectivity index (χ1v) is 7.38. The highest BCUT2D eigenvalue weighted by atomic mass is 32.1. The molecule has 1 N–H and O–H groups in total. The molecule has 3 rings (SSSR count). The zero-order chi connectivity index (χ0) is 12.5. The van der Waals surface area contributed by atoms with Crippen LogP contribution in [0.25, 0.3) is 10.6 Å². The Bertz CT molecular complexity index is 544. The van der Waals surface area contributed by atoms with Crippen LogP contribution in [-0.2, 0) is 6.42 Å². The number of fused-ring (bicyclic) bond motifs is 1. The third-order valence-corrected chi connectivity index (χ3v) is 4.66. The maximum Gasteiger partial charge on any atom is 0.127 e. The third-order valence-electron chi connectivity index (χ3n) is 3.49. The summed E-state index contributed by atoms with van der Waals surface area (Å²) in [6, 6.07) is 2.46. The van der Waals surface area contributed by atoms with Gasteiger partial charge in [0.15, 0.2) is 0 Å². The second-order valence-corrected chi connectivity index (χ2v) is 5.80. The van der Waals surface area contributed by atoms with Gasteiger partial charge >= 0.3 is 0 Å². The lowest BCUT2D eigenvalue weighted by molar-refractivity contribution is 0.465. The molecule has 4 heteroatoms. The van der Waals surface area contributed by atoms with Crippen molar-refractivity contribution >= 4 is 11.3 Å². The lowest BCUT2D eigenvalue weighted by Crippen LogP contribution is -2.24. The summed E-state index contributed by atoms with van der Waals surface area (Å²) < 4.78 is 5.38. The second-order valence-electron chi connectivity index (χ2n) is 4.72. The lowest BCUT2D eigenvalue weighted by atomic mass is 9.98. The normalized spacial score (nSPS) is 18.9. The molecule has 0 aromatic carbocycles. The van der Waals surface area contributed by atoms with Crippen LogP contribution in [0.2, 0.25) is 0 Å². The molecule has 2 heterocycles. The number of rotatable bonds is 3. The number of nitrogens with zero attached hydrogens (tertiary/aromatic N) is 1. The number of nitrogens with one attached hydrogen (secondary N) is 1. The van der Waals surface area contributed by atoms with Gasteiger partial charge in [-0.15, -0.1) is 11.3 Å². The van der Waals surface area contributed by atoms with Gasteiger partial charge in [0, 0.05) is 4.88 Å². The van der Waals surface area contributed by atoms with Gasteiger partial charge in [0.1, 0.15) is 10.8 Å². The number of hydrogen-bond donors (Lipinski definition) is 1. The molecule has 0 saturated heterocycles. The molecule has 3 nitrogen and oxygen atoms in total. The topological polar surface area (TPSA) is 38.1 Å². The fourth-order valence-corrected chi connectivity index (χ4v) is 3.82. The third kappa shape index (κ3) is 1.99. The van der Waals surface area contributed by atoms with Crippen LogP contribution in [0.15, 0.2) is 16.7 Å². The van der Waals surface area contributed by atoms with Crippen molar-refractivity contribution in [1.29, 1.82) is 0 Å². The van der Waals surface area contributed by atoms with Gasteiger partial charge in [0.2, 0.25) is 0 Å². The molecule has 2 aromatic heterocycles. The summed E-state index contributed by atoms with van der Waals surface area (Å²) in [5.41, 5.74) is 2.41. The highest BCUT2D eigenvalue weighted by molar-refractivity contribution is 7.15. The molecule has 1 unspecified atom stereocenters. The molecule has 96 valence electrons. The molecule has 0 aliphatic heterocycles. The standard InChI is InChI=1S/C14H18N2OS/c1-3-15-11-5-4-6-12-13(11)16-14(18-12)10-7-8-17-9(10)2/h7-8,11,15H,3-6H2,1-2H3. The maximum absolute atomic E-state index is 5.38. The Balaban J connectivity index is 1.98. The molecule has 0 saturated carbocycles. The van der Waals surface area contributed by atoms with E-state index < -0.39 is 0 Å². The highest BCUT2D eigenvalue weighted by Crippen LogP contribution is 2.38. The summed E-state index contributed by atoms with van der Waals surface area (Å²) in [5.74, 6) is 0.959. The minimum Gasteiger partial charge on any atom is -0.469 e. The highest BCUT2D eigenvalue weighted by Gasteiger charge is 2.25. The van der Waals surface area contributed by atoms with E-state index in [9.17, 15) is 0 Å². The molecule has 2 aromatic rings. The van der Waals surface area contributed by atoms with Crippen molar-refractivity contribution in [1.82, 2.24) is 10.3 Å². The fraction of sp³-hybridized carbons (Fsp3) is 0.500. The Hall–Kier alpha value is -1.13. The Kier molecular flexibility index (Phi) is 3.22. The van der Waals surface area contributed by atoms with E-state index in [1.54, 1.807) is 6.26 Å². The summed E-state index contributed by atoms with van der Waals surface area (Å²) in [7, 11) is 0. The van der Waals surface area contributed by atoms with Crippen LogP contribution < -0.4 is 5.32 Å². The fourth-order valence-electron chi connectivity index (χ4n) is 2.59. The number of furan rings is 1. The van der Waals surface area contributed by atoms with Gasteiger partial charge in [-0.05, 0) is 38.8 Å². The van der Waals surface area contributed by atoms with Gasteiger partial charge < -0.3 is 9.73 Å². The number of thiazole rings is 1. The summed E-state index contributed by atoms with van der Waals surface area (Å²) in [6.07, 6.45) is 5.38. The predicted octanol–water partition coefficient (Wildman–Crippen LogP) is 3.70. The first kappa shape index (κ1) is 11.9. The van der Waals surface area contributed by atoms with Gasteiger partial charge in [-0.1, -0.05) is 6.92 Å². The molecule has 0 bridgehead atoms. The molecule has 1 aliphatic carbocycles. The summed E-state index contributed by atoms with van der Waals surface area (Å²) >= 11 is 1.83. The average Bonchev–Trinajstić information content (AvgIpc) is 2.95. The van der Waals surface area contributed by atoms with E-state index in [4.69, 9.17) is 9.40 Å². The van der Waals surface area contributed by atoms with Crippen molar-refractivity contribution < 1.29 is 4.42 Å². The van der Waals surface area contributed by atoms with E-state index in [2.05, 4.69) is 12.2 Å². The van der Waals surface area contributed by atoms with E-state index in [0.717, 1.165) is 22.9 Å². The summed E-state index contributed by atoms with van der Waals surface area (Å²) in [5, 5.41) is 4.64. The zero-order valence-corrected chi connectivity index (χ0v) is 11.6. The monoisotopic (exact) mass is 262 g/mol. The molecule has 0 fully saturated rings. The van der Waals surface area contributed by atoms with Gasteiger partial charge in [-0.25, -0.2) is 4.98 Å². The van der Waals surface area contributed by atoms with Crippen LogP contribution in [-0.4, -0.2) is 11.5 Å². The Morgan fingerprint density at radius 1 is 1.56 bits per heavy atom. The number of aromatic nitrogens is 1. The van der Waals surface area contributed by atoms with Crippen LogP contribution in [0, 0.1) is 6.92 Å². The molecule has 1 aliphatic rings. The van der Waals surface area contributed by atoms with E-state index in [0.29, 0.717) is 6.04 Å². The van der Waals surface area contributed by atoms with Crippen LogP contribution in [0.4, 0.5) is 0 Å². The minimum atomic E-state index is 0.441. The molecule has 0 spiro atoms. The van der Waals surface area contributed by atoms with Crippen molar-refractivity contribution in [2.75, 3.05) is 6.54 Å². The lowest BCUT2D eigenvalue weighted by Gasteiger charge is -2.21. The summed E-state index contributed by atoms with van der Waals surface area (Å²) in [6.45, 7) is 5.15. The maximum atomic E-state index is 5.38. The molecule has 0 amide bonds. The Labute approximate surface area is 111 Å². The predicted molar refractivity (Wildman–Crippen MR) is 73.9 cm³/mol. The zero-order valence-electron chi connectivity index (χ0n) is 10.8. The Morgan fingerprint density at radius 2 is 2.44 bits per heavy atom. The van der Waals surface area contributed by atoms with Crippen LogP contribution in [0.3, 0.4) is 0 Å². The first-order valence-electron chi connectivity index (χ1n) is 6.57. The first-order chi connectivity index (χ1) is 8.79. The van der Waals surface area contributed by atoms with Crippen molar-refractivity contribution in [3.8, 4) is 10.6 Å². The molecule has 18 heavy (non-hydrogen) atoms. The molecular weight excluding hydrogens is 244 g/mol. The number of hydrogen-bond acceptors (Lipinski definition) is 4. The molecule has 1 atom stereocenters. The van der Waals surface area contributed by atoms with Crippen molar-refractivity contribution in [2.45, 2.75) is 39.2 Å². The van der Waals surface area contributed by atoms with E-state index in [1.165, 1.54) is 29.8 Å². The van der Waals surface area contributed by atoms with Gasteiger partial charge in [0.05, 0.1) is 23.6 Å². The van der Waals surface area contributed by atoms with Crippen LogP contribution in [0.1, 0.15) is 42.1 Å². The Morgan fingerprint density at radius 3 is 3.17 bits per heavy atom. The van der Waals surface area contributed by atoms with Gasteiger partial charge in [0.25, 0.3) is 0 Å². The molecular formula is C14H18N2OS. The second kappa shape index (κ2) is 4.86. The van der Waals surface area contributed by atoms with Crippen molar-refractivity contribution in [3.63, 3.8) is 0 Å². The average molecular weight is 262 g/mol. The molecule has 0 radical (unpaired) electrons. The summed E-state index contributed by atoms with van der Waals surface area (Å²) in [4.78, 5) is 6.30. The van der Waals surface area contributed by atoms with Crippen LogP contribution >= 0.6 is 11.3 Å². The van der Waals surface area contributed by atoms with E-state index in [-0.39, 0.29) is 0 Å². The van der Waals surface area contributed by atoms with Gasteiger partial charge in [-0.3, -0.25) is 0 Å².